The van der Waals surface area contributed by atoms with Crippen molar-refractivity contribution in [2.75, 3.05) is 13.2 Å². The first-order valence-corrected chi connectivity index (χ1v) is 11.3. The van der Waals surface area contributed by atoms with Crippen LogP contribution in [-0.2, 0) is 14.3 Å². The number of halogens is 3. The molecule has 0 saturated heterocycles. The molecular formula is C25H25F3N2O5. The maximum atomic E-state index is 12.7. The second-order valence-corrected chi connectivity index (χ2v) is 8.99. The fraction of sp³-hybridized carbons (Fsp3) is 0.400. The number of rotatable bonds is 8. The zero-order chi connectivity index (χ0) is 25.2. The number of carboxylic acids is 1. The topological polar surface area (TPSA) is 105 Å². The van der Waals surface area contributed by atoms with E-state index in [2.05, 4.69) is 5.32 Å². The van der Waals surface area contributed by atoms with Gasteiger partial charge in [-0.3, -0.25) is 4.79 Å². The van der Waals surface area contributed by atoms with Gasteiger partial charge in [0, 0.05) is 18.9 Å². The minimum Gasteiger partial charge on any atom is -0.479 e. The molecule has 1 saturated carbocycles. The molecule has 4 rings (SSSR count). The Morgan fingerprint density at radius 1 is 0.971 bits per heavy atom. The number of hydrogen-bond donors (Lipinski definition) is 3. The average molecular weight is 490 g/mol. The number of hydrogen-bond acceptors (Lipinski definition) is 4. The first kappa shape index (κ1) is 24.6. The lowest BCUT2D eigenvalue weighted by Crippen LogP contribution is -2.51. The van der Waals surface area contributed by atoms with Gasteiger partial charge in [-0.2, -0.15) is 13.2 Å². The SMILES string of the molecule is O=C(CC1CC(CNC(=O)OCC2c3ccccc3-c3ccccc32)C1)NC(C(=O)O)C(F)(F)F. The van der Waals surface area contributed by atoms with Crippen molar-refractivity contribution in [3.05, 3.63) is 59.7 Å². The lowest BCUT2D eigenvalue weighted by Gasteiger charge is -2.35. The van der Waals surface area contributed by atoms with Crippen LogP contribution in [0.5, 0.6) is 0 Å². The second-order valence-electron chi connectivity index (χ2n) is 8.99. The number of carbonyl (C=O) groups is 3. The Labute approximate surface area is 199 Å². The summed E-state index contributed by atoms with van der Waals surface area (Å²) in [5.41, 5.74) is 4.48. The third kappa shape index (κ3) is 5.58. The molecule has 1 fully saturated rings. The summed E-state index contributed by atoms with van der Waals surface area (Å²) >= 11 is 0. The number of carboxylic acid groups (broad SMARTS) is 1. The molecule has 2 aliphatic rings. The highest BCUT2D eigenvalue weighted by Gasteiger charge is 2.46. The summed E-state index contributed by atoms with van der Waals surface area (Å²) < 4.78 is 43.5. The average Bonchev–Trinajstić information content (AvgIpc) is 3.10. The van der Waals surface area contributed by atoms with Gasteiger partial charge in [0.05, 0.1) is 0 Å². The van der Waals surface area contributed by atoms with E-state index in [-0.39, 0.29) is 30.8 Å². The van der Waals surface area contributed by atoms with Gasteiger partial charge in [0.25, 0.3) is 0 Å². The number of carbonyl (C=O) groups excluding carboxylic acids is 2. The smallest absolute Gasteiger partial charge is 0.419 e. The van der Waals surface area contributed by atoms with Crippen LogP contribution in [0.1, 0.15) is 36.3 Å². The van der Waals surface area contributed by atoms with Gasteiger partial charge in [0.15, 0.2) is 0 Å². The van der Waals surface area contributed by atoms with Crippen molar-refractivity contribution in [1.29, 1.82) is 0 Å². The van der Waals surface area contributed by atoms with E-state index in [9.17, 15) is 27.6 Å². The Hall–Kier alpha value is -3.56. The van der Waals surface area contributed by atoms with Crippen molar-refractivity contribution in [3.8, 4) is 11.1 Å². The van der Waals surface area contributed by atoms with Gasteiger partial charge in [-0.15, -0.1) is 0 Å². The summed E-state index contributed by atoms with van der Waals surface area (Å²) in [5, 5.41) is 12.9. The van der Waals surface area contributed by atoms with Crippen molar-refractivity contribution in [2.24, 2.45) is 11.8 Å². The molecule has 1 atom stereocenters. The first-order valence-electron chi connectivity index (χ1n) is 11.3. The first-order chi connectivity index (χ1) is 16.6. The molecule has 0 spiro atoms. The molecule has 35 heavy (non-hydrogen) atoms. The van der Waals surface area contributed by atoms with Crippen LogP contribution in [0, 0.1) is 11.8 Å². The van der Waals surface area contributed by atoms with Crippen LogP contribution in [0.15, 0.2) is 48.5 Å². The standard InChI is InChI=1S/C25H25F3N2O5/c26-25(27,28)22(23(32)33)30-21(31)11-14-9-15(10-14)12-29-24(34)35-13-20-18-7-3-1-5-16(18)17-6-2-4-8-19(17)20/h1-8,14-15,20,22H,9-13H2,(H,29,34)(H,30,31)(H,32,33). The Balaban J connectivity index is 1.18. The molecule has 3 N–H and O–H groups in total. The van der Waals surface area contributed by atoms with E-state index < -0.39 is 30.2 Å². The van der Waals surface area contributed by atoms with Gasteiger partial charge in [-0.1, -0.05) is 48.5 Å². The van der Waals surface area contributed by atoms with Crippen LogP contribution in [0.3, 0.4) is 0 Å². The molecule has 0 aromatic heterocycles. The molecule has 7 nitrogen and oxygen atoms in total. The predicted octanol–water partition coefficient (Wildman–Crippen LogP) is 4.07. The highest BCUT2D eigenvalue weighted by molar-refractivity contribution is 5.84. The largest absolute Gasteiger partial charge is 0.479 e. The van der Waals surface area contributed by atoms with Gasteiger partial charge in [-0.05, 0) is 46.9 Å². The van der Waals surface area contributed by atoms with E-state index in [1.54, 1.807) is 0 Å². The molecule has 2 aliphatic carbocycles. The zero-order valence-electron chi connectivity index (χ0n) is 18.7. The van der Waals surface area contributed by atoms with Gasteiger partial charge >= 0.3 is 18.2 Å². The van der Waals surface area contributed by atoms with E-state index in [0.29, 0.717) is 19.4 Å². The predicted molar refractivity (Wildman–Crippen MR) is 120 cm³/mol. The van der Waals surface area contributed by atoms with Gasteiger partial charge in [-0.25, -0.2) is 9.59 Å². The number of alkyl carbamates (subject to hydrolysis) is 1. The van der Waals surface area contributed by atoms with Crippen LogP contribution in [0.4, 0.5) is 18.0 Å². The number of aliphatic carboxylic acids is 1. The van der Waals surface area contributed by atoms with Gasteiger partial charge in [0.1, 0.15) is 6.61 Å². The summed E-state index contributed by atoms with van der Waals surface area (Å²) in [4.78, 5) is 34.8. The van der Waals surface area contributed by atoms with Crippen molar-refractivity contribution in [3.63, 3.8) is 0 Å². The minimum atomic E-state index is -5.06. The molecule has 0 radical (unpaired) electrons. The monoisotopic (exact) mass is 490 g/mol. The summed E-state index contributed by atoms with van der Waals surface area (Å²) in [7, 11) is 0. The number of benzene rings is 2. The second kappa shape index (κ2) is 9.97. The summed E-state index contributed by atoms with van der Waals surface area (Å²) in [6.45, 7) is 0.520. The van der Waals surface area contributed by atoms with E-state index in [1.807, 2.05) is 48.5 Å². The Bertz CT molecular complexity index is 1070. The van der Waals surface area contributed by atoms with Gasteiger partial charge < -0.3 is 20.5 Å². The molecule has 186 valence electrons. The number of nitrogens with one attached hydrogen (secondary N) is 2. The third-order valence-corrected chi connectivity index (χ3v) is 6.57. The molecule has 1 unspecified atom stereocenters. The summed E-state index contributed by atoms with van der Waals surface area (Å²) in [6, 6.07) is 13.1. The van der Waals surface area contributed by atoms with Crippen molar-refractivity contribution < 1.29 is 37.4 Å². The number of ether oxygens (including phenoxy) is 1. The lowest BCUT2D eigenvalue weighted by atomic mass is 9.73. The fourth-order valence-corrected chi connectivity index (χ4v) is 4.85. The van der Waals surface area contributed by atoms with Crippen LogP contribution in [0.25, 0.3) is 11.1 Å². The van der Waals surface area contributed by atoms with Gasteiger partial charge in [0.2, 0.25) is 11.9 Å². The van der Waals surface area contributed by atoms with E-state index in [4.69, 9.17) is 9.84 Å². The number of alkyl halides is 3. The minimum absolute atomic E-state index is 0.0499. The zero-order valence-corrected chi connectivity index (χ0v) is 18.7. The van der Waals surface area contributed by atoms with E-state index >= 15 is 0 Å². The Morgan fingerprint density at radius 2 is 1.54 bits per heavy atom. The fourth-order valence-electron chi connectivity index (χ4n) is 4.85. The molecule has 2 amide bonds. The molecule has 2 aromatic rings. The van der Waals surface area contributed by atoms with Crippen LogP contribution < -0.4 is 10.6 Å². The summed E-state index contributed by atoms with van der Waals surface area (Å²) in [5.74, 6) is -3.24. The van der Waals surface area contributed by atoms with Crippen LogP contribution >= 0.6 is 0 Å². The number of amides is 2. The lowest BCUT2D eigenvalue weighted by molar-refractivity contribution is -0.182. The van der Waals surface area contributed by atoms with Crippen LogP contribution in [0.2, 0.25) is 0 Å². The van der Waals surface area contributed by atoms with Crippen LogP contribution in [-0.4, -0.2) is 48.4 Å². The van der Waals surface area contributed by atoms with E-state index in [0.717, 1.165) is 22.3 Å². The molecule has 2 aromatic carbocycles. The van der Waals surface area contributed by atoms with E-state index in [1.165, 1.54) is 5.32 Å². The van der Waals surface area contributed by atoms with Crippen molar-refractivity contribution in [2.45, 2.75) is 37.4 Å². The quantitative estimate of drug-likeness (QED) is 0.518. The summed E-state index contributed by atoms with van der Waals surface area (Å²) in [6.07, 6.45) is -4.72. The molecule has 0 aliphatic heterocycles. The molecule has 0 bridgehead atoms. The third-order valence-electron chi connectivity index (χ3n) is 6.57. The highest BCUT2D eigenvalue weighted by atomic mass is 19.4. The number of fused-ring (bicyclic) bond motifs is 3. The Kier molecular flexibility index (Phi) is 7.00. The maximum absolute atomic E-state index is 12.7. The molecular weight excluding hydrogens is 465 g/mol. The molecule has 10 heteroatoms. The molecule has 0 heterocycles. The maximum Gasteiger partial charge on any atom is 0.419 e. The Morgan fingerprint density at radius 3 is 2.09 bits per heavy atom. The highest BCUT2D eigenvalue weighted by Crippen LogP contribution is 2.44. The normalized spacial score (nSPS) is 19.6. The van der Waals surface area contributed by atoms with Crippen molar-refractivity contribution >= 4 is 18.0 Å². The van der Waals surface area contributed by atoms with Crippen molar-refractivity contribution in [1.82, 2.24) is 10.6 Å².